The molecule has 0 spiro atoms. The lowest BCUT2D eigenvalue weighted by atomic mass is 10.00. The molecular weight excluding hydrogens is 406 g/mol. The number of hydrogen-bond acceptors (Lipinski definition) is 2. The van der Waals surface area contributed by atoms with E-state index in [2.05, 4.69) is 65.2 Å². The van der Waals surface area contributed by atoms with Crippen molar-refractivity contribution in [3.63, 3.8) is 0 Å². The van der Waals surface area contributed by atoms with Crippen LogP contribution in [-0.4, -0.2) is 14.8 Å². The zero-order chi connectivity index (χ0) is 22.4. The minimum absolute atomic E-state index is 0.263. The summed E-state index contributed by atoms with van der Waals surface area (Å²) >= 11 is 0. The maximum atomic E-state index is 9.68. The summed E-state index contributed by atoms with van der Waals surface area (Å²) in [6.45, 7) is 0. The lowest BCUT2D eigenvalue weighted by molar-refractivity contribution is 0.475. The molecule has 1 heterocycles. The standard InChI is InChI=1S/C30H21NO2/c32-25-12-6-20(7-13-25)22-10-16-29-27(18-22)28-19-23(21-8-14-26(33)15-9-21)11-17-30(28)31(29)24-4-2-1-3-5-24/h1-19,32-33H. The Bertz CT molecular complexity index is 1490. The Balaban J connectivity index is 1.64. The predicted octanol–water partition coefficient (Wildman–Crippen LogP) is 7.53. The van der Waals surface area contributed by atoms with E-state index in [1.165, 1.54) is 10.8 Å². The van der Waals surface area contributed by atoms with Crippen LogP contribution >= 0.6 is 0 Å². The van der Waals surface area contributed by atoms with Crippen molar-refractivity contribution in [3.05, 3.63) is 115 Å². The SMILES string of the molecule is Oc1ccc(-c2ccc3c(c2)c2cc(-c4ccc(O)cc4)ccc2n3-c2ccccc2)cc1. The van der Waals surface area contributed by atoms with Gasteiger partial charge in [-0.15, -0.1) is 0 Å². The summed E-state index contributed by atoms with van der Waals surface area (Å²) in [6, 6.07) is 38.1. The molecule has 33 heavy (non-hydrogen) atoms. The van der Waals surface area contributed by atoms with Gasteiger partial charge in [-0.1, -0.05) is 54.6 Å². The van der Waals surface area contributed by atoms with Crippen molar-refractivity contribution < 1.29 is 10.2 Å². The minimum Gasteiger partial charge on any atom is -0.508 e. The van der Waals surface area contributed by atoms with Gasteiger partial charge < -0.3 is 14.8 Å². The molecule has 0 bridgehead atoms. The van der Waals surface area contributed by atoms with E-state index in [0.29, 0.717) is 0 Å². The molecule has 0 atom stereocenters. The number of para-hydroxylation sites is 1. The molecule has 0 aliphatic rings. The van der Waals surface area contributed by atoms with Gasteiger partial charge in [0.05, 0.1) is 11.0 Å². The molecule has 158 valence electrons. The van der Waals surface area contributed by atoms with E-state index in [1.807, 2.05) is 30.3 Å². The van der Waals surface area contributed by atoms with E-state index in [-0.39, 0.29) is 11.5 Å². The predicted molar refractivity (Wildman–Crippen MR) is 135 cm³/mol. The smallest absolute Gasteiger partial charge is 0.115 e. The number of rotatable bonds is 3. The van der Waals surface area contributed by atoms with E-state index in [1.54, 1.807) is 24.3 Å². The summed E-state index contributed by atoms with van der Waals surface area (Å²) in [5.74, 6) is 0.526. The first-order valence-electron chi connectivity index (χ1n) is 10.9. The van der Waals surface area contributed by atoms with Crippen LogP contribution in [0.5, 0.6) is 11.5 Å². The highest BCUT2D eigenvalue weighted by atomic mass is 16.3. The fourth-order valence-corrected chi connectivity index (χ4v) is 4.55. The molecule has 0 fully saturated rings. The van der Waals surface area contributed by atoms with Gasteiger partial charge in [0.2, 0.25) is 0 Å². The lowest BCUT2D eigenvalue weighted by Crippen LogP contribution is -1.93. The fraction of sp³-hybridized carbons (Fsp3) is 0. The van der Waals surface area contributed by atoms with Gasteiger partial charge in [-0.05, 0) is 82.9 Å². The number of fused-ring (bicyclic) bond motifs is 3. The van der Waals surface area contributed by atoms with E-state index in [9.17, 15) is 10.2 Å². The molecule has 0 aliphatic heterocycles. The van der Waals surface area contributed by atoms with Crippen molar-refractivity contribution >= 4 is 21.8 Å². The first kappa shape index (κ1) is 19.2. The van der Waals surface area contributed by atoms with E-state index < -0.39 is 0 Å². The van der Waals surface area contributed by atoms with Crippen LogP contribution in [0.2, 0.25) is 0 Å². The summed E-state index contributed by atoms with van der Waals surface area (Å²) in [4.78, 5) is 0. The lowest BCUT2D eigenvalue weighted by Gasteiger charge is -2.08. The number of hydrogen-bond donors (Lipinski definition) is 2. The van der Waals surface area contributed by atoms with Crippen molar-refractivity contribution in [3.8, 4) is 39.4 Å². The molecule has 2 N–H and O–H groups in total. The van der Waals surface area contributed by atoms with Crippen LogP contribution in [0.1, 0.15) is 0 Å². The van der Waals surface area contributed by atoms with E-state index in [4.69, 9.17) is 0 Å². The van der Waals surface area contributed by atoms with Crippen molar-refractivity contribution in [2.75, 3.05) is 0 Å². The Kier molecular flexibility index (Phi) is 4.41. The van der Waals surface area contributed by atoms with Gasteiger partial charge >= 0.3 is 0 Å². The van der Waals surface area contributed by atoms with Gasteiger partial charge in [-0.25, -0.2) is 0 Å². The Morgan fingerprint density at radius 1 is 0.424 bits per heavy atom. The monoisotopic (exact) mass is 427 g/mol. The van der Waals surface area contributed by atoms with Crippen LogP contribution in [0, 0.1) is 0 Å². The second-order valence-corrected chi connectivity index (χ2v) is 8.23. The average molecular weight is 428 g/mol. The number of aromatic nitrogens is 1. The zero-order valence-corrected chi connectivity index (χ0v) is 17.8. The summed E-state index contributed by atoms with van der Waals surface area (Å²) in [7, 11) is 0. The van der Waals surface area contributed by atoms with E-state index in [0.717, 1.165) is 39.0 Å². The maximum Gasteiger partial charge on any atom is 0.115 e. The number of phenols is 2. The fourth-order valence-electron chi connectivity index (χ4n) is 4.55. The summed E-state index contributed by atoms with van der Waals surface area (Å²) in [5, 5.41) is 21.7. The van der Waals surface area contributed by atoms with Gasteiger partial charge in [0, 0.05) is 16.5 Å². The van der Waals surface area contributed by atoms with Crippen LogP contribution in [0.25, 0.3) is 49.7 Å². The van der Waals surface area contributed by atoms with Crippen molar-refractivity contribution in [1.82, 2.24) is 4.57 Å². The van der Waals surface area contributed by atoms with Gasteiger partial charge in [-0.2, -0.15) is 0 Å². The van der Waals surface area contributed by atoms with Crippen molar-refractivity contribution in [1.29, 1.82) is 0 Å². The van der Waals surface area contributed by atoms with Gasteiger partial charge in [0.25, 0.3) is 0 Å². The Morgan fingerprint density at radius 2 is 0.848 bits per heavy atom. The molecule has 6 rings (SSSR count). The minimum atomic E-state index is 0.263. The third-order valence-electron chi connectivity index (χ3n) is 6.18. The van der Waals surface area contributed by atoms with Gasteiger partial charge in [-0.3, -0.25) is 0 Å². The van der Waals surface area contributed by atoms with Crippen LogP contribution in [0.3, 0.4) is 0 Å². The number of aromatic hydroxyl groups is 2. The second kappa shape index (κ2) is 7.57. The largest absolute Gasteiger partial charge is 0.508 e. The Hall–Kier alpha value is -4.50. The molecule has 6 aromatic rings. The molecule has 1 aromatic heterocycles. The maximum absolute atomic E-state index is 9.68. The molecular formula is C30H21NO2. The summed E-state index contributed by atoms with van der Waals surface area (Å²) in [5.41, 5.74) is 7.72. The van der Waals surface area contributed by atoms with Crippen molar-refractivity contribution in [2.45, 2.75) is 0 Å². The average Bonchev–Trinajstić information content (AvgIpc) is 3.18. The molecule has 0 saturated carbocycles. The normalized spacial score (nSPS) is 11.3. The quantitative estimate of drug-likeness (QED) is 0.307. The highest BCUT2D eigenvalue weighted by Crippen LogP contribution is 2.37. The molecule has 0 aliphatic carbocycles. The topological polar surface area (TPSA) is 45.4 Å². The first-order chi connectivity index (χ1) is 16.2. The van der Waals surface area contributed by atoms with Gasteiger partial charge in [0.1, 0.15) is 11.5 Å². The number of phenolic OH excluding ortho intramolecular Hbond substituents is 2. The van der Waals surface area contributed by atoms with Crippen LogP contribution in [0.4, 0.5) is 0 Å². The van der Waals surface area contributed by atoms with Crippen LogP contribution < -0.4 is 0 Å². The summed E-state index contributed by atoms with van der Waals surface area (Å²) in [6.07, 6.45) is 0. The van der Waals surface area contributed by atoms with Crippen molar-refractivity contribution in [2.24, 2.45) is 0 Å². The zero-order valence-electron chi connectivity index (χ0n) is 17.8. The molecule has 0 amide bonds. The second-order valence-electron chi connectivity index (χ2n) is 8.23. The Labute approximate surface area is 191 Å². The molecule has 3 heteroatoms. The molecule has 0 unspecified atom stereocenters. The number of benzene rings is 5. The molecule has 3 nitrogen and oxygen atoms in total. The highest BCUT2D eigenvalue weighted by Gasteiger charge is 2.14. The van der Waals surface area contributed by atoms with Crippen LogP contribution in [0.15, 0.2) is 115 Å². The highest BCUT2D eigenvalue weighted by molar-refractivity contribution is 6.11. The number of nitrogens with zero attached hydrogens (tertiary/aromatic N) is 1. The Morgan fingerprint density at radius 3 is 1.30 bits per heavy atom. The first-order valence-corrected chi connectivity index (χ1v) is 10.9. The van der Waals surface area contributed by atoms with Gasteiger partial charge in [0.15, 0.2) is 0 Å². The molecule has 0 radical (unpaired) electrons. The third-order valence-corrected chi connectivity index (χ3v) is 6.18. The van der Waals surface area contributed by atoms with Crippen LogP contribution in [-0.2, 0) is 0 Å². The summed E-state index contributed by atoms with van der Waals surface area (Å²) < 4.78 is 2.30. The van der Waals surface area contributed by atoms with E-state index >= 15 is 0 Å². The molecule has 0 saturated heterocycles. The third kappa shape index (κ3) is 3.31. The molecule has 5 aromatic carbocycles.